The van der Waals surface area contributed by atoms with Crippen LogP contribution in [0.15, 0.2) is 54.6 Å². The first kappa shape index (κ1) is 13.9. The summed E-state index contributed by atoms with van der Waals surface area (Å²) in [7, 11) is 0. The highest BCUT2D eigenvalue weighted by atomic mass is 19.4. The van der Waals surface area contributed by atoms with E-state index in [-0.39, 0.29) is 11.3 Å². The smallest absolute Gasteiger partial charge is 0.370 e. The van der Waals surface area contributed by atoms with E-state index in [4.69, 9.17) is 5.26 Å². The van der Waals surface area contributed by atoms with Crippen LogP contribution in [0.1, 0.15) is 17.2 Å². The molecule has 0 radical (unpaired) electrons. The van der Waals surface area contributed by atoms with E-state index >= 15 is 0 Å². The molecule has 0 bridgehead atoms. The first-order chi connectivity index (χ1) is 9.50. The quantitative estimate of drug-likeness (QED) is 0.908. The van der Waals surface area contributed by atoms with E-state index in [9.17, 15) is 13.2 Å². The van der Waals surface area contributed by atoms with Crippen molar-refractivity contribution < 1.29 is 13.2 Å². The number of nitriles is 1. The summed E-state index contributed by atoms with van der Waals surface area (Å²) in [4.78, 5) is 0. The van der Waals surface area contributed by atoms with Crippen molar-refractivity contribution in [3.05, 3.63) is 65.7 Å². The number of nitrogens with one attached hydrogen (secondary N) is 1. The summed E-state index contributed by atoms with van der Waals surface area (Å²) < 4.78 is 39.4. The Balaban J connectivity index is 2.32. The van der Waals surface area contributed by atoms with Gasteiger partial charge in [-0.25, -0.2) is 0 Å². The summed E-state index contributed by atoms with van der Waals surface area (Å²) in [6.45, 7) is 0. The Labute approximate surface area is 114 Å². The molecule has 2 aromatic rings. The average molecular weight is 276 g/mol. The standard InChI is InChI=1S/C15H11F3N2/c16-15(17,18)14(12-6-2-1-3-7-12)20-13-8-4-5-11(9-13)10-19/h1-9,14,20H. The fourth-order valence-electron chi connectivity index (χ4n) is 1.84. The van der Waals surface area contributed by atoms with Gasteiger partial charge in [-0.3, -0.25) is 0 Å². The third kappa shape index (κ3) is 3.29. The van der Waals surface area contributed by atoms with Gasteiger partial charge in [-0.15, -0.1) is 0 Å². The van der Waals surface area contributed by atoms with Gasteiger partial charge in [0, 0.05) is 5.69 Å². The number of rotatable bonds is 3. The van der Waals surface area contributed by atoms with Gasteiger partial charge in [0.15, 0.2) is 0 Å². The molecule has 2 rings (SSSR count). The van der Waals surface area contributed by atoms with E-state index in [1.54, 1.807) is 24.3 Å². The summed E-state index contributed by atoms with van der Waals surface area (Å²) in [5.41, 5.74) is 0.696. The maximum Gasteiger partial charge on any atom is 0.412 e. The van der Waals surface area contributed by atoms with Gasteiger partial charge < -0.3 is 5.32 Å². The van der Waals surface area contributed by atoms with E-state index in [2.05, 4.69) is 5.32 Å². The molecule has 0 saturated carbocycles. The molecule has 20 heavy (non-hydrogen) atoms. The minimum Gasteiger partial charge on any atom is -0.370 e. The van der Waals surface area contributed by atoms with Gasteiger partial charge in [0.25, 0.3) is 0 Å². The molecule has 0 aromatic heterocycles. The minimum atomic E-state index is -4.43. The zero-order valence-electron chi connectivity index (χ0n) is 10.4. The molecule has 2 nitrogen and oxygen atoms in total. The van der Waals surface area contributed by atoms with Crippen LogP contribution >= 0.6 is 0 Å². The molecule has 0 saturated heterocycles. The first-order valence-corrected chi connectivity index (χ1v) is 5.89. The van der Waals surface area contributed by atoms with Crippen molar-refractivity contribution in [2.75, 3.05) is 5.32 Å². The maximum atomic E-state index is 13.1. The van der Waals surface area contributed by atoms with E-state index < -0.39 is 12.2 Å². The monoisotopic (exact) mass is 276 g/mol. The summed E-state index contributed by atoms with van der Waals surface area (Å²) >= 11 is 0. The predicted octanol–water partition coefficient (Wildman–Crippen LogP) is 4.27. The van der Waals surface area contributed by atoms with Gasteiger partial charge in [-0.1, -0.05) is 36.4 Å². The Morgan fingerprint density at radius 2 is 1.70 bits per heavy atom. The third-order valence-electron chi connectivity index (χ3n) is 2.76. The average Bonchev–Trinajstić information content (AvgIpc) is 2.45. The second-order valence-electron chi connectivity index (χ2n) is 4.22. The van der Waals surface area contributed by atoms with Crippen molar-refractivity contribution in [2.24, 2.45) is 0 Å². The molecule has 0 aliphatic heterocycles. The number of nitrogens with zero attached hydrogens (tertiary/aromatic N) is 1. The molecule has 0 fully saturated rings. The molecule has 2 aromatic carbocycles. The topological polar surface area (TPSA) is 35.8 Å². The summed E-state index contributed by atoms with van der Waals surface area (Å²) in [5, 5.41) is 11.2. The first-order valence-electron chi connectivity index (χ1n) is 5.89. The lowest BCUT2D eigenvalue weighted by atomic mass is 10.1. The number of hydrogen-bond acceptors (Lipinski definition) is 2. The lowest BCUT2D eigenvalue weighted by Gasteiger charge is -2.23. The summed E-state index contributed by atoms with van der Waals surface area (Å²) in [6, 6.07) is 13.7. The number of anilines is 1. The van der Waals surface area contributed by atoms with Crippen molar-refractivity contribution in [2.45, 2.75) is 12.2 Å². The predicted molar refractivity (Wildman–Crippen MR) is 70.0 cm³/mol. The van der Waals surface area contributed by atoms with Crippen LogP contribution in [0.25, 0.3) is 0 Å². The highest BCUT2D eigenvalue weighted by Crippen LogP contribution is 2.35. The SMILES string of the molecule is N#Cc1cccc(NC(c2ccccc2)C(F)(F)F)c1. The van der Waals surface area contributed by atoms with Crippen molar-refractivity contribution >= 4 is 5.69 Å². The number of benzene rings is 2. The molecule has 5 heteroatoms. The lowest BCUT2D eigenvalue weighted by Crippen LogP contribution is -2.27. The Morgan fingerprint density at radius 1 is 1.00 bits per heavy atom. The summed E-state index contributed by atoms with van der Waals surface area (Å²) in [5.74, 6) is 0. The Morgan fingerprint density at radius 3 is 2.30 bits per heavy atom. The van der Waals surface area contributed by atoms with Crippen molar-refractivity contribution in [1.29, 1.82) is 5.26 Å². The zero-order chi connectivity index (χ0) is 14.6. The van der Waals surface area contributed by atoms with Gasteiger partial charge in [0.1, 0.15) is 6.04 Å². The van der Waals surface area contributed by atoms with Crippen LogP contribution < -0.4 is 5.32 Å². The Kier molecular flexibility index (Phi) is 3.94. The van der Waals surface area contributed by atoms with Gasteiger partial charge in [0.05, 0.1) is 11.6 Å². The van der Waals surface area contributed by atoms with E-state index in [0.717, 1.165) is 0 Å². The van der Waals surface area contributed by atoms with Crippen LogP contribution in [-0.4, -0.2) is 6.18 Å². The normalized spacial score (nSPS) is 12.5. The van der Waals surface area contributed by atoms with E-state index in [1.165, 1.54) is 30.3 Å². The molecule has 0 spiro atoms. The Bertz CT molecular complexity index is 615. The zero-order valence-corrected chi connectivity index (χ0v) is 10.4. The minimum absolute atomic E-state index is 0.127. The van der Waals surface area contributed by atoms with Crippen LogP contribution in [0.2, 0.25) is 0 Å². The van der Waals surface area contributed by atoms with Gasteiger partial charge in [-0.2, -0.15) is 18.4 Å². The number of alkyl halides is 3. The molecule has 0 amide bonds. The van der Waals surface area contributed by atoms with Crippen molar-refractivity contribution in [3.8, 4) is 6.07 Å². The van der Waals surface area contributed by atoms with Gasteiger partial charge in [-0.05, 0) is 23.8 Å². The number of hydrogen-bond donors (Lipinski definition) is 1. The lowest BCUT2D eigenvalue weighted by molar-refractivity contribution is -0.144. The highest BCUT2D eigenvalue weighted by Gasteiger charge is 2.40. The van der Waals surface area contributed by atoms with Crippen LogP contribution in [0.5, 0.6) is 0 Å². The maximum absolute atomic E-state index is 13.1. The second kappa shape index (κ2) is 5.66. The summed E-state index contributed by atoms with van der Waals surface area (Å²) in [6.07, 6.45) is -4.43. The number of halogens is 3. The Hall–Kier alpha value is -2.48. The highest BCUT2D eigenvalue weighted by molar-refractivity contribution is 5.51. The molecule has 1 N–H and O–H groups in total. The van der Waals surface area contributed by atoms with Crippen LogP contribution in [-0.2, 0) is 0 Å². The molecular formula is C15H11F3N2. The molecule has 1 unspecified atom stereocenters. The van der Waals surface area contributed by atoms with Gasteiger partial charge >= 0.3 is 6.18 Å². The molecular weight excluding hydrogens is 265 g/mol. The van der Waals surface area contributed by atoms with E-state index in [1.807, 2.05) is 6.07 Å². The van der Waals surface area contributed by atoms with Crippen LogP contribution in [0, 0.1) is 11.3 Å². The van der Waals surface area contributed by atoms with Crippen LogP contribution in [0.4, 0.5) is 18.9 Å². The van der Waals surface area contributed by atoms with Gasteiger partial charge in [0.2, 0.25) is 0 Å². The largest absolute Gasteiger partial charge is 0.412 e. The molecule has 0 heterocycles. The third-order valence-corrected chi connectivity index (χ3v) is 2.76. The van der Waals surface area contributed by atoms with Crippen molar-refractivity contribution in [1.82, 2.24) is 0 Å². The fraction of sp³-hybridized carbons (Fsp3) is 0.133. The molecule has 0 aliphatic rings. The molecule has 0 aliphatic carbocycles. The van der Waals surface area contributed by atoms with Crippen molar-refractivity contribution in [3.63, 3.8) is 0 Å². The van der Waals surface area contributed by atoms with Crippen LogP contribution in [0.3, 0.4) is 0 Å². The molecule has 102 valence electrons. The molecule has 1 atom stereocenters. The second-order valence-corrected chi connectivity index (χ2v) is 4.22. The fourth-order valence-corrected chi connectivity index (χ4v) is 1.84. The van der Waals surface area contributed by atoms with E-state index in [0.29, 0.717) is 5.56 Å².